The Morgan fingerprint density at radius 2 is 1.26 bits per heavy atom. The highest BCUT2D eigenvalue weighted by atomic mass is 16.3. The molecule has 2 rings (SSSR count). The molecule has 42 heavy (non-hydrogen) atoms. The number of rotatable bonds is 10. The number of aliphatic hydroxyl groups is 2. The molecule has 2 aliphatic rings. The van der Waals surface area contributed by atoms with Crippen LogP contribution in [0.5, 0.6) is 0 Å². The van der Waals surface area contributed by atoms with Crippen LogP contribution in [0.15, 0.2) is 130 Å². The van der Waals surface area contributed by atoms with Crippen LogP contribution in [-0.2, 0) is 0 Å². The first-order chi connectivity index (χ1) is 19.6. The zero-order valence-electron chi connectivity index (χ0n) is 27.9. The summed E-state index contributed by atoms with van der Waals surface area (Å²) in [5.74, 6) is 1.26. The average Bonchev–Trinajstić information content (AvgIpc) is 2.84. The van der Waals surface area contributed by atoms with Gasteiger partial charge < -0.3 is 10.2 Å². The smallest absolute Gasteiger partial charge is 0.0962 e. The molecule has 2 nitrogen and oxygen atoms in total. The van der Waals surface area contributed by atoms with Crippen molar-refractivity contribution < 1.29 is 10.2 Å². The van der Waals surface area contributed by atoms with Crippen molar-refractivity contribution in [3.05, 3.63) is 130 Å². The van der Waals surface area contributed by atoms with Gasteiger partial charge in [-0.15, -0.1) is 0 Å². The van der Waals surface area contributed by atoms with Crippen LogP contribution in [0.25, 0.3) is 0 Å². The average molecular weight is 569 g/mol. The molecule has 1 unspecified atom stereocenters. The van der Waals surface area contributed by atoms with Crippen molar-refractivity contribution >= 4 is 0 Å². The largest absolute Gasteiger partial charge is 0.512 e. The molecule has 0 radical (unpaired) electrons. The zero-order chi connectivity index (χ0) is 31.5. The van der Waals surface area contributed by atoms with Crippen LogP contribution in [-0.4, -0.2) is 16.3 Å². The van der Waals surface area contributed by atoms with Crippen LogP contribution in [0.2, 0.25) is 0 Å². The number of allylic oxidation sites excluding steroid dienone is 21. The lowest BCUT2D eigenvalue weighted by Gasteiger charge is -2.38. The molecule has 0 aromatic carbocycles. The van der Waals surface area contributed by atoms with Crippen LogP contribution in [0, 0.1) is 22.7 Å². The summed E-state index contributed by atoms with van der Waals surface area (Å²) in [4.78, 5) is 0. The van der Waals surface area contributed by atoms with Gasteiger partial charge in [0, 0.05) is 12.3 Å². The predicted molar refractivity (Wildman–Crippen MR) is 184 cm³/mol. The Bertz CT molecular complexity index is 1270. The molecule has 0 spiro atoms. The maximum absolute atomic E-state index is 10.5. The third kappa shape index (κ3) is 12.0. The van der Waals surface area contributed by atoms with Crippen molar-refractivity contribution in [2.45, 2.75) is 94.6 Å². The standard InChI is InChI=1S/C40H56O2/c1-29(17-13-19-31(3)21-23-36-34(6)26-39(7,8)28-38(36)42)15-11-12-16-30(2)18-14-20-32(4)22-24-37-33(5)25-35(41)27-40(37,9)10/h11-25,34-35,37,41-42H,26-28H2,1-10H3/b12-11+,17-13+,18-14+,23-21+,24-22+,29-15+,30-16+,31-19+,32-20+/t34?,35-,37-/m0/s1. The van der Waals surface area contributed by atoms with Gasteiger partial charge in [-0.25, -0.2) is 0 Å². The molecule has 0 amide bonds. The van der Waals surface area contributed by atoms with Crippen LogP contribution < -0.4 is 0 Å². The first-order valence-corrected chi connectivity index (χ1v) is 15.5. The van der Waals surface area contributed by atoms with Gasteiger partial charge in [0.2, 0.25) is 0 Å². The fraction of sp³-hybridized carbons (Fsp3) is 0.450. The molecular formula is C40H56O2. The number of hydrogen-bond acceptors (Lipinski definition) is 2. The molecule has 0 heterocycles. The number of hydrogen-bond donors (Lipinski definition) is 2. The Morgan fingerprint density at radius 3 is 1.79 bits per heavy atom. The van der Waals surface area contributed by atoms with Gasteiger partial charge in [-0.2, -0.15) is 0 Å². The van der Waals surface area contributed by atoms with Crippen LogP contribution in [0.1, 0.15) is 88.5 Å². The highest BCUT2D eigenvalue weighted by Crippen LogP contribution is 2.42. The van der Waals surface area contributed by atoms with Crippen molar-refractivity contribution in [1.29, 1.82) is 0 Å². The van der Waals surface area contributed by atoms with E-state index in [2.05, 4.69) is 154 Å². The van der Waals surface area contributed by atoms with E-state index in [-0.39, 0.29) is 16.9 Å². The summed E-state index contributed by atoms with van der Waals surface area (Å²) in [7, 11) is 0. The number of aliphatic hydroxyl groups excluding tert-OH is 2. The molecule has 2 aliphatic carbocycles. The third-order valence-electron chi connectivity index (χ3n) is 8.24. The van der Waals surface area contributed by atoms with Crippen molar-refractivity contribution in [1.82, 2.24) is 0 Å². The van der Waals surface area contributed by atoms with E-state index in [4.69, 9.17) is 0 Å². The fourth-order valence-electron chi connectivity index (χ4n) is 6.08. The topological polar surface area (TPSA) is 40.5 Å². The second-order valence-electron chi connectivity index (χ2n) is 13.9. The van der Waals surface area contributed by atoms with E-state index in [0.717, 1.165) is 30.4 Å². The summed E-state index contributed by atoms with van der Waals surface area (Å²) in [6, 6.07) is 0. The van der Waals surface area contributed by atoms with E-state index in [1.807, 2.05) is 6.08 Å². The predicted octanol–water partition coefficient (Wildman–Crippen LogP) is 11.2. The lowest BCUT2D eigenvalue weighted by Crippen LogP contribution is -2.32. The van der Waals surface area contributed by atoms with Gasteiger partial charge in [0.1, 0.15) is 0 Å². The molecule has 0 saturated heterocycles. The van der Waals surface area contributed by atoms with Crippen LogP contribution >= 0.6 is 0 Å². The summed E-state index contributed by atoms with van der Waals surface area (Å²) in [6.45, 7) is 21.6. The Balaban J connectivity index is 1.88. The summed E-state index contributed by atoms with van der Waals surface area (Å²) in [6.07, 6.45) is 33.9. The lowest BCUT2D eigenvalue weighted by atomic mass is 9.67. The van der Waals surface area contributed by atoms with E-state index >= 15 is 0 Å². The van der Waals surface area contributed by atoms with Gasteiger partial charge in [0.25, 0.3) is 0 Å². The highest BCUT2D eigenvalue weighted by molar-refractivity contribution is 5.35. The quantitative estimate of drug-likeness (QED) is 0.203. The van der Waals surface area contributed by atoms with Gasteiger partial charge >= 0.3 is 0 Å². The van der Waals surface area contributed by atoms with E-state index in [1.165, 1.54) is 22.3 Å². The molecule has 3 atom stereocenters. The Labute approximate surface area is 257 Å². The molecule has 2 N–H and O–H groups in total. The molecule has 0 saturated carbocycles. The maximum atomic E-state index is 10.5. The van der Waals surface area contributed by atoms with Crippen molar-refractivity contribution in [3.8, 4) is 0 Å². The second-order valence-corrected chi connectivity index (χ2v) is 13.9. The zero-order valence-corrected chi connectivity index (χ0v) is 27.9. The van der Waals surface area contributed by atoms with E-state index in [0.29, 0.717) is 17.6 Å². The molecule has 0 aromatic rings. The Hall–Kier alpha value is -3.10. The van der Waals surface area contributed by atoms with Crippen molar-refractivity contribution in [2.75, 3.05) is 0 Å². The minimum Gasteiger partial charge on any atom is -0.512 e. The van der Waals surface area contributed by atoms with E-state index in [1.54, 1.807) is 0 Å². The molecule has 0 aliphatic heterocycles. The van der Waals surface area contributed by atoms with Crippen molar-refractivity contribution in [3.63, 3.8) is 0 Å². The molecule has 2 heteroatoms. The van der Waals surface area contributed by atoms with Crippen LogP contribution in [0.3, 0.4) is 0 Å². The normalized spacial score (nSPS) is 26.5. The van der Waals surface area contributed by atoms with Gasteiger partial charge in [-0.05, 0) is 69.8 Å². The Kier molecular flexibility index (Phi) is 13.3. The molecule has 0 fully saturated rings. The highest BCUT2D eigenvalue weighted by Gasteiger charge is 2.34. The van der Waals surface area contributed by atoms with Gasteiger partial charge in [-0.1, -0.05) is 154 Å². The lowest BCUT2D eigenvalue weighted by molar-refractivity contribution is 0.117. The first kappa shape index (κ1) is 35.1. The van der Waals surface area contributed by atoms with E-state index < -0.39 is 0 Å². The van der Waals surface area contributed by atoms with Gasteiger partial charge in [-0.3, -0.25) is 0 Å². The first-order valence-electron chi connectivity index (χ1n) is 15.5. The molecule has 0 aromatic heterocycles. The van der Waals surface area contributed by atoms with Crippen molar-refractivity contribution in [2.24, 2.45) is 22.7 Å². The summed E-state index contributed by atoms with van der Waals surface area (Å²) >= 11 is 0. The van der Waals surface area contributed by atoms with E-state index in [9.17, 15) is 10.2 Å². The van der Waals surface area contributed by atoms with Crippen LogP contribution in [0.4, 0.5) is 0 Å². The molecular weight excluding hydrogens is 512 g/mol. The molecule has 228 valence electrons. The monoisotopic (exact) mass is 568 g/mol. The van der Waals surface area contributed by atoms with Gasteiger partial charge in [0.15, 0.2) is 0 Å². The Morgan fingerprint density at radius 1 is 0.762 bits per heavy atom. The SMILES string of the molecule is CC1=C[C@H](O)CC(C)(C)[C@H]1/C=C/C(C)=C/C=C/C(C)=C/C=C/C=C(C)/C=C/C=C(C)/C=C/C1=C(O)CC(C)(C)CC1C. The molecule has 0 bridgehead atoms. The third-order valence-corrected chi connectivity index (χ3v) is 8.24. The second kappa shape index (κ2) is 15.9. The minimum absolute atomic E-state index is 0.0566. The minimum atomic E-state index is -0.332. The van der Waals surface area contributed by atoms with Gasteiger partial charge in [0.05, 0.1) is 11.9 Å². The summed E-state index contributed by atoms with van der Waals surface area (Å²) in [5, 5.41) is 20.5. The fourth-order valence-corrected chi connectivity index (χ4v) is 6.08. The summed E-state index contributed by atoms with van der Waals surface area (Å²) in [5.41, 5.74) is 7.27. The maximum Gasteiger partial charge on any atom is 0.0962 e. The summed E-state index contributed by atoms with van der Waals surface area (Å²) < 4.78 is 0.